The number of hydrogen-bond acceptors (Lipinski definition) is 3. The molecular weight excluding hydrogens is 414 g/mol. The van der Waals surface area contributed by atoms with Gasteiger partial charge in [-0.3, -0.25) is 4.79 Å². The second-order valence-electron chi connectivity index (χ2n) is 10.4. The summed E-state index contributed by atoms with van der Waals surface area (Å²) in [6.07, 6.45) is 6.62. The topological polar surface area (TPSA) is 54.8 Å². The van der Waals surface area contributed by atoms with Crippen LogP contribution >= 0.6 is 0 Å². The van der Waals surface area contributed by atoms with Crippen molar-refractivity contribution in [3.8, 4) is 0 Å². The molecule has 1 aromatic carbocycles. The van der Waals surface area contributed by atoms with E-state index in [9.17, 15) is 9.59 Å². The summed E-state index contributed by atoms with van der Waals surface area (Å²) in [5.41, 5.74) is 1.67. The molecule has 0 radical (unpaired) electrons. The number of aromatic nitrogens is 1. The maximum atomic E-state index is 13.3. The fourth-order valence-corrected chi connectivity index (χ4v) is 5.00. The Morgan fingerprint density at radius 3 is 2.15 bits per heavy atom. The van der Waals surface area contributed by atoms with Crippen LogP contribution in [0.1, 0.15) is 68.5 Å². The smallest absolute Gasteiger partial charge is 0.410 e. The maximum Gasteiger partial charge on any atom is 0.410 e. The fourth-order valence-electron chi connectivity index (χ4n) is 5.00. The molecule has 2 aromatic rings. The Bertz CT molecular complexity index is 931. The van der Waals surface area contributed by atoms with Crippen LogP contribution in [0.15, 0.2) is 48.7 Å². The predicted molar refractivity (Wildman–Crippen MR) is 129 cm³/mol. The zero-order valence-corrected chi connectivity index (χ0v) is 20.2. The van der Waals surface area contributed by atoms with Crippen molar-refractivity contribution in [3.05, 3.63) is 59.9 Å². The molecule has 0 aliphatic carbocycles. The minimum atomic E-state index is -0.484. The van der Waals surface area contributed by atoms with Crippen LogP contribution in [0.3, 0.4) is 0 Å². The molecular formula is C27H37N3O3. The molecule has 2 amide bonds. The molecule has 0 spiro atoms. The van der Waals surface area contributed by atoms with Gasteiger partial charge in [0, 0.05) is 38.4 Å². The van der Waals surface area contributed by atoms with E-state index in [1.165, 1.54) is 5.56 Å². The molecule has 2 saturated heterocycles. The van der Waals surface area contributed by atoms with E-state index in [1.807, 2.05) is 44.0 Å². The lowest BCUT2D eigenvalue weighted by Gasteiger charge is -2.35. The molecule has 1 aromatic heterocycles. The number of carbonyl (C=O) groups is 2. The highest BCUT2D eigenvalue weighted by molar-refractivity contribution is 5.93. The van der Waals surface area contributed by atoms with Gasteiger partial charge >= 0.3 is 6.09 Å². The van der Waals surface area contributed by atoms with E-state index < -0.39 is 5.60 Å². The fraction of sp³-hybridized carbons (Fsp3) is 0.556. The van der Waals surface area contributed by atoms with Gasteiger partial charge in [-0.25, -0.2) is 4.79 Å². The van der Waals surface area contributed by atoms with Crippen LogP contribution in [0.25, 0.3) is 0 Å². The second kappa shape index (κ2) is 10.0. The molecule has 2 aliphatic heterocycles. The first-order valence-electron chi connectivity index (χ1n) is 12.3. The van der Waals surface area contributed by atoms with Gasteiger partial charge in [0.15, 0.2) is 0 Å². The van der Waals surface area contributed by atoms with Crippen LogP contribution in [0.4, 0.5) is 4.79 Å². The molecule has 0 unspecified atom stereocenters. The Hall–Kier alpha value is -2.76. The van der Waals surface area contributed by atoms with Gasteiger partial charge in [0.05, 0.1) is 0 Å². The highest BCUT2D eigenvalue weighted by atomic mass is 16.6. The Labute approximate surface area is 197 Å². The second-order valence-corrected chi connectivity index (χ2v) is 10.4. The summed E-state index contributed by atoms with van der Waals surface area (Å²) < 4.78 is 7.64. The summed E-state index contributed by atoms with van der Waals surface area (Å²) in [5, 5.41) is 0. The largest absolute Gasteiger partial charge is 0.444 e. The molecule has 3 heterocycles. The van der Waals surface area contributed by atoms with Gasteiger partial charge < -0.3 is 19.1 Å². The van der Waals surface area contributed by atoms with Crippen LogP contribution in [0.5, 0.6) is 0 Å². The van der Waals surface area contributed by atoms with E-state index in [4.69, 9.17) is 4.74 Å². The summed E-state index contributed by atoms with van der Waals surface area (Å²) >= 11 is 0. The average Bonchev–Trinajstić information content (AvgIpc) is 3.29. The van der Waals surface area contributed by atoms with Crippen molar-refractivity contribution in [3.63, 3.8) is 0 Å². The van der Waals surface area contributed by atoms with Gasteiger partial charge in [0.25, 0.3) is 5.91 Å². The number of carbonyl (C=O) groups excluding carboxylic acids is 2. The van der Waals surface area contributed by atoms with Gasteiger partial charge in [0.1, 0.15) is 11.3 Å². The van der Waals surface area contributed by atoms with E-state index in [0.717, 1.165) is 50.9 Å². The first kappa shape index (κ1) is 23.4. The minimum Gasteiger partial charge on any atom is -0.444 e. The van der Waals surface area contributed by atoms with Crippen LogP contribution in [0.2, 0.25) is 0 Å². The van der Waals surface area contributed by atoms with Crippen molar-refractivity contribution in [1.82, 2.24) is 14.4 Å². The highest BCUT2D eigenvalue weighted by Crippen LogP contribution is 2.28. The number of rotatable bonds is 4. The summed E-state index contributed by atoms with van der Waals surface area (Å²) in [4.78, 5) is 29.5. The summed E-state index contributed by atoms with van der Waals surface area (Å²) in [7, 11) is 0. The zero-order valence-electron chi connectivity index (χ0n) is 20.2. The van der Waals surface area contributed by atoms with Crippen molar-refractivity contribution in [1.29, 1.82) is 0 Å². The molecule has 0 atom stereocenters. The Morgan fingerprint density at radius 2 is 1.52 bits per heavy atom. The lowest BCUT2D eigenvalue weighted by Crippen LogP contribution is -2.43. The third kappa shape index (κ3) is 5.98. The minimum absolute atomic E-state index is 0.132. The molecule has 6 nitrogen and oxygen atoms in total. The van der Waals surface area contributed by atoms with Gasteiger partial charge in [-0.15, -0.1) is 0 Å². The first-order valence-corrected chi connectivity index (χ1v) is 12.3. The van der Waals surface area contributed by atoms with Crippen LogP contribution in [-0.2, 0) is 11.2 Å². The molecule has 0 bridgehead atoms. The number of nitrogens with zero attached hydrogens (tertiary/aromatic N) is 3. The number of amides is 2. The van der Waals surface area contributed by atoms with E-state index in [0.29, 0.717) is 19.0 Å². The number of hydrogen-bond donors (Lipinski definition) is 0. The van der Waals surface area contributed by atoms with Gasteiger partial charge in [-0.1, -0.05) is 30.3 Å². The lowest BCUT2D eigenvalue weighted by molar-refractivity contribution is 0.0186. The highest BCUT2D eigenvalue weighted by Gasteiger charge is 2.30. The van der Waals surface area contributed by atoms with E-state index in [2.05, 4.69) is 34.9 Å². The number of likely N-dealkylation sites (tertiary alicyclic amines) is 2. The van der Waals surface area contributed by atoms with Crippen molar-refractivity contribution < 1.29 is 14.3 Å². The summed E-state index contributed by atoms with van der Waals surface area (Å²) in [6.45, 7) is 8.60. The molecule has 0 saturated carbocycles. The van der Waals surface area contributed by atoms with Crippen molar-refractivity contribution >= 4 is 12.0 Å². The normalized spacial score (nSPS) is 18.4. The van der Waals surface area contributed by atoms with Gasteiger partial charge in [0.2, 0.25) is 0 Å². The number of benzene rings is 1. The Kier molecular flexibility index (Phi) is 7.11. The summed E-state index contributed by atoms with van der Waals surface area (Å²) in [6, 6.07) is 14.8. The Morgan fingerprint density at radius 1 is 0.879 bits per heavy atom. The standard InChI is InChI=1S/C27H37N3O3/c1-27(2,3)33-26(32)29-18-13-23(14-19-29)30-15-7-10-24(30)25(31)28-16-11-22(12-17-28)20-21-8-5-4-6-9-21/h4-10,15,22-23H,11-14,16-20H2,1-3H3. The third-order valence-corrected chi connectivity index (χ3v) is 6.78. The first-order chi connectivity index (χ1) is 15.8. The monoisotopic (exact) mass is 451 g/mol. The number of piperidine rings is 2. The molecule has 0 N–H and O–H groups in total. The van der Waals surface area contributed by atoms with Crippen molar-refractivity contribution in [2.45, 2.75) is 64.5 Å². The predicted octanol–water partition coefficient (Wildman–Crippen LogP) is 5.16. The molecule has 6 heteroatoms. The van der Waals surface area contributed by atoms with E-state index in [1.54, 1.807) is 4.90 Å². The molecule has 2 aliphatic rings. The molecule has 4 rings (SSSR count). The summed E-state index contributed by atoms with van der Waals surface area (Å²) in [5.74, 6) is 0.771. The van der Waals surface area contributed by atoms with Crippen molar-refractivity contribution in [2.24, 2.45) is 5.92 Å². The average molecular weight is 452 g/mol. The molecule has 178 valence electrons. The molecule has 2 fully saturated rings. The van der Waals surface area contributed by atoms with E-state index in [-0.39, 0.29) is 18.0 Å². The van der Waals surface area contributed by atoms with Crippen LogP contribution in [-0.4, -0.2) is 58.1 Å². The van der Waals surface area contributed by atoms with Gasteiger partial charge in [-0.2, -0.15) is 0 Å². The molecule has 33 heavy (non-hydrogen) atoms. The maximum absolute atomic E-state index is 13.3. The van der Waals surface area contributed by atoms with E-state index >= 15 is 0 Å². The zero-order chi connectivity index (χ0) is 23.4. The lowest BCUT2D eigenvalue weighted by atomic mass is 9.90. The van der Waals surface area contributed by atoms with Crippen LogP contribution in [0, 0.1) is 5.92 Å². The Balaban J connectivity index is 1.31. The number of ether oxygens (including phenoxy) is 1. The quantitative estimate of drug-likeness (QED) is 0.646. The third-order valence-electron chi connectivity index (χ3n) is 6.78. The SMILES string of the molecule is CC(C)(C)OC(=O)N1CCC(n2cccc2C(=O)N2CCC(Cc3ccccc3)CC2)CC1. The van der Waals surface area contributed by atoms with Crippen molar-refractivity contribution in [2.75, 3.05) is 26.2 Å². The van der Waals surface area contributed by atoms with Gasteiger partial charge in [-0.05, 0) is 76.5 Å². The van der Waals surface area contributed by atoms with Crippen LogP contribution < -0.4 is 0 Å².